The fourth-order valence-corrected chi connectivity index (χ4v) is 4.89. The molecule has 0 atom stereocenters. The highest BCUT2D eigenvalue weighted by Gasteiger charge is 2.19. The van der Waals surface area contributed by atoms with Crippen LogP contribution in [0.25, 0.3) is 10.2 Å². The monoisotopic (exact) mass is 422 g/mol. The molecule has 29 heavy (non-hydrogen) atoms. The standard InChI is InChI=1S/C22H22N4OS2/c27-21(12-6-17-28-18-8-2-1-3-9-18)26(16-15-25-14-7-13-23-25)22-24-19-10-4-5-11-20(19)29-22/h1-5,7-11,13-14H,6,12,15-17H2. The Balaban J connectivity index is 1.41. The molecule has 7 heteroatoms. The number of rotatable bonds is 9. The van der Waals surface area contributed by atoms with E-state index in [2.05, 4.69) is 17.2 Å². The fraction of sp³-hybridized carbons (Fsp3) is 0.227. The summed E-state index contributed by atoms with van der Waals surface area (Å²) in [5.74, 6) is 1.03. The first-order valence-electron chi connectivity index (χ1n) is 9.61. The number of hydrogen-bond acceptors (Lipinski definition) is 5. The van der Waals surface area contributed by atoms with Gasteiger partial charge in [0.1, 0.15) is 0 Å². The summed E-state index contributed by atoms with van der Waals surface area (Å²) in [6, 6.07) is 20.2. The Bertz CT molecular complexity index is 1010. The van der Waals surface area contributed by atoms with Gasteiger partial charge >= 0.3 is 0 Å². The van der Waals surface area contributed by atoms with Crippen molar-refractivity contribution >= 4 is 44.4 Å². The summed E-state index contributed by atoms with van der Waals surface area (Å²) in [7, 11) is 0. The number of carbonyl (C=O) groups excluding carboxylic acids is 1. The maximum absolute atomic E-state index is 13.0. The maximum atomic E-state index is 13.0. The third kappa shape index (κ3) is 5.25. The molecule has 2 heterocycles. The lowest BCUT2D eigenvalue weighted by atomic mass is 10.3. The molecule has 2 aromatic heterocycles. The van der Waals surface area contributed by atoms with Gasteiger partial charge in [-0.3, -0.25) is 14.4 Å². The van der Waals surface area contributed by atoms with Gasteiger partial charge in [-0.25, -0.2) is 4.98 Å². The normalized spacial score (nSPS) is 11.0. The summed E-state index contributed by atoms with van der Waals surface area (Å²) in [6.45, 7) is 1.21. The average molecular weight is 423 g/mol. The van der Waals surface area contributed by atoms with Gasteiger partial charge < -0.3 is 0 Å². The predicted molar refractivity (Wildman–Crippen MR) is 121 cm³/mol. The van der Waals surface area contributed by atoms with Gasteiger partial charge in [0.2, 0.25) is 5.91 Å². The van der Waals surface area contributed by atoms with Crippen molar-refractivity contribution in [2.75, 3.05) is 17.2 Å². The second-order valence-electron chi connectivity index (χ2n) is 6.54. The lowest BCUT2D eigenvalue weighted by Gasteiger charge is -2.20. The maximum Gasteiger partial charge on any atom is 0.228 e. The molecule has 0 aliphatic heterocycles. The Morgan fingerprint density at radius 3 is 2.69 bits per heavy atom. The molecule has 0 aliphatic carbocycles. The quantitative estimate of drug-likeness (QED) is 0.278. The van der Waals surface area contributed by atoms with Crippen molar-refractivity contribution in [3.8, 4) is 0 Å². The fourth-order valence-electron chi connectivity index (χ4n) is 3.00. The van der Waals surface area contributed by atoms with E-state index in [0.717, 1.165) is 27.5 Å². The molecule has 4 aromatic rings. The van der Waals surface area contributed by atoms with Crippen molar-refractivity contribution in [2.45, 2.75) is 24.3 Å². The summed E-state index contributed by atoms with van der Waals surface area (Å²) in [5.41, 5.74) is 0.934. The summed E-state index contributed by atoms with van der Waals surface area (Å²) in [5, 5.41) is 5.01. The van der Waals surface area contributed by atoms with Crippen LogP contribution in [0.5, 0.6) is 0 Å². The molecule has 0 N–H and O–H groups in total. The van der Waals surface area contributed by atoms with E-state index >= 15 is 0 Å². The van der Waals surface area contributed by atoms with Crippen molar-refractivity contribution < 1.29 is 4.79 Å². The summed E-state index contributed by atoms with van der Waals surface area (Å²) >= 11 is 3.35. The van der Waals surface area contributed by atoms with Crippen molar-refractivity contribution in [3.63, 3.8) is 0 Å². The largest absolute Gasteiger partial charge is 0.286 e. The zero-order valence-electron chi connectivity index (χ0n) is 16.0. The minimum Gasteiger partial charge on any atom is -0.286 e. The molecule has 5 nitrogen and oxygen atoms in total. The number of amides is 1. The molecule has 1 amide bonds. The van der Waals surface area contributed by atoms with Crippen LogP contribution in [0.4, 0.5) is 5.13 Å². The smallest absolute Gasteiger partial charge is 0.228 e. The third-order valence-electron chi connectivity index (χ3n) is 4.47. The number of anilines is 1. The number of thioether (sulfide) groups is 1. The highest BCUT2D eigenvalue weighted by Crippen LogP contribution is 2.29. The van der Waals surface area contributed by atoms with E-state index in [1.807, 2.05) is 64.3 Å². The molecule has 2 aromatic carbocycles. The Hall–Kier alpha value is -2.64. The third-order valence-corrected chi connectivity index (χ3v) is 6.63. The number of aromatic nitrogens is 3. The van der Waals surface area contributed by atoms with Crippen LogP contribution in [0.15, 0.2) is 78.0 Å². The van der Waals surface area contributed by atoms with Crippen LogP contribution in [-0.2, 0) is 11.3 Å². The van der Waals surface area contributed by atoms with Gasteiger partial charge in [-0.2, -0.15) is 5.10 Å². The van der Waals surface area contributed by atoms with E-state index in [9.17, 15) is 4.79 Å². The minimum atomic E-state index is 0.116. The van der Waals surface area contributed by atoms with Gasteiger partial charge in [0.15, 0.2) is 5.13 Å². The van der Waals surface area contributed by atoms with Crippen LogP contribution in [0.1, 0.15) is 12.8 Å². The van der Waals surface area contributed by atoms with Gasteiger partial charge in [-0.1, -0.05) is 41.7 Å². The molecule has 0 unspecified atom stereocenters. The van der Waals surface area contributed by atoms with Gasteiger partial charge in [0, 0.05) is 30.3 Å². The van der Waals surface area contributed by atoms with Gasteiger partial charge in [-0.15, -0.1) is 11.8 Å². The molecule has 0 saturated heterocycles. The number of hydrogen-bond donors (Lipinski definition) is 0. The van der Waals surface area contributed by atoms with Crippen molar-refractivity contribution in [3.05, 3.63) is 73.1 Å². The van der Waals surface area contributed by atoms with E-state index in [1.54, 1.807) is 29.3 Å². The van der Waals surface area contributed by atoms with Crippen molar-refractivity contribution in [1.82, 2.24) is 14.8 Å². The average Bonchev–Trinajstić information content (AvgIpc) is 3.42. The number of benzene rings is 2. The molecular formula is C22H22N4OS2. The van der Waals surface area contributed by atoms with Crippen LogP contribution in [0.3, 0.4) is 0 Å². The number of nitrogens with zero attached hydrogens (tertiary/aromatic N) is 4. The van der Waals surface area contributed by atoms with Crippen LogP contribution < -0.4 is 4.90 Å². The first-order valence-corrected chi connectivity index (χ1v) is 11.4. The Labute approximate surface area is 178 Å². The summed E-state index contributed by atoms with van der Waals surface area (Å²) in [6.07, 6.45) is 5.01. The predicted octanol–water partition coefficient (Wildman–Crippen LogP) is 5.10. The van der Waals surface area contributed by atoms with Crippen LogP contribution >= 0.6 is 23.1 Å². The minimum absolute atomic E-state index is 0.116. The molecule has 0 bridgehead atoms. The van der Waals surface area contributed by atoms with Crippen molar-refractivity contribution in [2.24, 2.45) is 0 Å². The van der Waals surface area contributed by atoms with E-state index in [4.69, 9.17) is 4.98 Å². The number of carbonyl (C=O) groups is 1. The summed E-state index contributed by atoms with van der Waals surface area (Å²) < 4.78 is 2.94. The first-order chi connectivity index (χ1) is 14.3. The molecule has 0 radical (unpaired) electrons. The zero-order chi connectivity index (χ0) is 19.9. The van der Waals surface area contributed by atoms with E-state index in [-0.39, 0.29) is 5.91 Å². The van der Waals surface area contributed by atoms with Crippen LogP contribution in [0, 0.1) is 0 Å². The molecule has 148 valence electrons. The molecule has 4 rings (SSSR count). The Morgan fingerprint density at radius 1 is 1.07 bits per heavy atom. The zero-order valence-corrected chi connectivity index (χ0v) is 17.6. The van der Waals surface area contributed by atoms with Crippen molar-refractivity contribution in [1.29, 1.82) is 0 Å². The van der Waals surface area contributed by atoms with E-state index < -0.39 is 0 Å². The van der Waals surface area contributed by atoms with Gasteiger partial charge in [0.05, 0.1) is 16.8 Å². The molecule has 0 aliphatic rings. The number of thiazole rings is 1. The Morgan fingerprint density at radius 2 is 1.90 bits per heavy atom. The lowest BCUT2D eigenvalue weighted by Crippen LogP contribution is -2.34. The molecule has 0 saturated carbocycles. The van der Waals surface area contributed by atoms with Gasteiger partial charge in [-0.05, 0) is 42.5 Å². The summed E-state index contributed by atoms with van der Waals surface area (Å²) in [4.78, 5) is 20.8. The molecular weight excluding hydrogens is 400 g/mol. The lowest BCUT2D eigenvalue weighted by molar-refractivity contribution is -0.118. The topological polar surface area (TPSA) is 51.0 Å². The highest BCUT2D eigenvalue weighted by molar-refractivity contribution is 7.99. The first kappa shape index (κ1) is 19.7. The van der Waals surface area contributed by atoms with Crippen LogP contribution in [0.2, 0.25) is 0 Å². The van der Waals surface area contributed by atoms with E-state index in [0.29, 0.717) is 19.5 Å². The van der Waals surface area contributed by atoms with E-state index in [1.165, 1.54) is 4.90 Å². The highest BCUT2D eigenvalue weighted by atomic mass is 32.2. The molecule has 0 fully saturated rings. The second kappa shape index (κ2) is 9.71. The van der Waals surface area contributed by atoms with Gasteiger partial charge in [0.25, 0.3) is 0 Å². The number of fused-ring (bicyclic) bond motifs is 1. The Kier molecular flexibility index (Phi) is 6.59. The SMILES string of the molecule is O=C(CCCSc1ccccc1)N(CCn1cccn1)c1nc2ccccc2s1. The second-order valence-corrected chi connectivity index (χ2v) is 8.72. The molecule has 0 spiro atoms. The number of para-hydroxylation sites is 1. The van der Waals surface area contributed by atoms with Crippen LogP contribution in [-0.4, -0.2) is 33.0 Å².